The quantitative estimate of drug-likeness (QED) is 0.726. The lowest BCUT2D eigenvalue weighted by atomic mass is 9.64. The van der Waals surface area contributed by atoms with Crippen molar-refractivity contribution in [1.82, 2.24) is 5.32 Å². The SMILES string of the molecule is CC(C)(C)C[C@H]1N[C@@H](C(=O)O)[C@H](c2ccco2)[C@@]12C(=O)Nc1cc(Cl)ccc12. The molecule has 7 heteroatoms. The van der Waals surface area contributed by atoms with E-state index in [9.17, 15) is 14.7 Å². The number of furan rings is 1. The second-order valence-corrected chi connectivity index (χ2v) is 9.24. The molecule has 4 atom stereocenters. The van der Waals surface area contributed by atoms with Gasteiger partial charge in [-0.3, -0.25) is 14.9 Å². The summed E-state index contributed by atoms with van der Waals surface area (Å²) in [6.45, 7) is 6.23. The van der Waals surface area contributed by atoms with E-state index in [0.29, 0.717) is 22.9 Å². The average molecular weight is 403 g/mol. The summed E-state index contributed by atoms with van der Waals surface area (Å²) in [5, 5.41) is 16.7. The Kier molecular flexibility index (Phi) is 4.32. The van der Waals surface area contributed by atoms with E-state index in [2.05, 4.69) is 31.4 Å². The van der Waals surface area contributed by atoms with Crippen LogP contribution in [0.3, 0.4) is 0 Å². The molecule has 2 aromatic rings. The highest BCUT2D eigenvalue weighted by molar-refractivity contribution is 6.31. The van der Waals surface area contributed by atoms with Gasteiger partial charge in [0.25, 0.3) is 0 Å². The fraction of sp³-hybridized carbons (Fsp3) is 0.429. The van der Waals surface area contributed by atoms with Crippen LogP contribution in [0.25, 0.3) is 0 Å². The lowest BCUT2D eigenvalue weighted by Gasteiger charge is -2.36. The van der Waals surface area contributed by atoms with E-state index < -0.39 is 23.3 Å². The van der Waals surface area contributed by atoms with Gasteiger partial charge in [0, 0.05) is 16.8 Å². The van der Waals surface area contributed by atoms with E-state index in [1.165, 1.54) is 6.26 Å². The number of aliphatic carboxylic acids is 1. The van der Waals surface area contributed by atoms with Crippen LogP contribution < -0.4 is 10.6 Å². The van der Waals surface area contributed by atoms with Crippen LogP contribution in [-0.2, 0) is 15.0 Å². The van der Waals surface area contributed by atoms with E-state index in [4.69, 9.17) is 16.0 Å². The van der Waals surface area contributed by atoms with Gasteiger partial charge in [-0.2, -0.15) is 0 Å². The van der Waals surface area contributed by atoms with Crippen LogP contribution in [-0.4, -0.2) is 29.1 Å². The summed E-state index contributed by atoms with van der Waals surface area (Å²) in [4.78, 5) is 25.7. The number of carboxylic acid groups (broad SMARTS) is 1. The lowest BCUT2D eigenvalue weighted by Crippen LogP contribution is -2.49. The molecule has 3 N–H and O–H groups in total. The molecule has 1 saturated heterocycles. The molecule has 2 aliphatic rings. The summed E-state index contributed by atoms with van der Waals surface area (Å²) in [6, 6.07) is 7.40. The van der Waals surface area contributed by atoms with Gasteiger partial charge in [0.15, 0.2) is 0 Å². The van der Waals surface area contributed by atoms with Crippen LogP contribution >= 0.6 is 11.6 Å². The van der Waals surface area contributed by atoms with Crippen molar-refractivity contribution in [3.63, 3.8) is 0 Å². The molecule has 1 aromatic carbocycles. The molecule has 0 bridgehead atoms. The first-order valence-electron chi connectivity index (χ1n) is 9.28. The Morgan fingerprint density at radius 2 is 2.07 bits per heavy atom. The van der Waals surface area contributed by atoms with E-state index in [0.717, 1.165) is 5.56 Å². The van der Waals surface area contributed by atoms with Crippen LogP contribution in [0.5, 0.6) is 0 Å². The van der Waals surface area contributed by atoms with Crippen molar-refractivity contribution >= 4 is 29.2 Å². The fourth-order valence-corrected chi connectivity index (χ4v) is 4.98. The summed E-state index contributed by atoms with van der Waals surface area (Å²) >= 11 is 6.14. The normalized spacial score (nSPS) is 29.1. The van der Waals surface area contributed by atoms with E-state index in [-0.39, 0.29) is 17.4 Å². The van der Waals surface area contributed by atoms with Crippen molar-refractivity contribution in [2.24, 2.45) is 5.41 Å². The molecule has 1 amide bonds. The molecule has 28 heavy (non-hydrogen) atoms. The number of benzene rings is 1. The first-order chi connectivity index (χ1) is 13.1. The number of hydrogen-bond acceptors (Lipinski definition) is 4. The number of halogens is 1. The molecule has 4 rings (SSSR count). The highest BCUT2D eigenvalue weighted by atomic mass is 35.5. The average Bonchev–Trinajstić information content (AvgIpc) is 3.25. The largest absolute Gasteiger partial charge is 0.480 e. The maximum absolute atomic E-state index is 13.5. The molecule has 2 aliphatic heterocycles. The lowest BCUT2D eigenvalue weighted by molar-refractivity contribution is -0.139. The molecule has 148 valence electrons. The summed E-state index contributed by atoms with van der Waals surface area (Å²) in [7, 11) is 0. The second kappa shape index (κ2) is 6.36. The number of rotatable bonds is 3. The third kappa shape index (κ3) is 2.74. The van der Waals surface area contributed by atoms with Gasteiger partial charge in [-0.15, -0.1) is 0 Å². The van der Waals surface area contributed by atoms with Crippen LogP contribution in [0, 0.1) is 5.41 Å². The summed E-state index contributed by atoms with van der Waals surface area (Å²) in [5.41, 5.74) is 0.157. The van der Waals surface area contributed by atoms with Gasteiger partial charge in [-0.05, 0) is 41.7 Å². The zero-order valence-corrected chi connectivity index (χ0v) is 16.7. The summed E-state index contributed by atoms with van der Waals surface area (Å²) < 4.78 is 5.64. The van der Waals surface area contributed by atoms with Gasteiger partial charge in [0.05, 0.1) is 12.2 Å². The Hall–Kier alpha value is -2.31. The van der Waals surface area contributed by atoms with Crippen molar-refractivity contribution in [2.45, 2.75) is 50.6 Å². The topological polar surface area (TPSA) is 91.6 Å². The predicted octanol–water partition coefficient (Wildman–Crippen LogP) is 3.77. The Morgan fingerprint density at radius 3 is 2.68 bits per heavy atom. The number of anilines is 1. The van der Waals surface area contributed by atoms with E-state index in [1.54, 1.807) is 24.3 Å². The van der Waals surface area contributed by atoms with Gasteiger partial charge in [-0.25, -0.2) is 0 Å². The van der Waals surface area contributed by atoms with Crippen LogP contribution in [0.15, 0.2) is 41.0 Å². The maximum atomic E-state index is 13.5. The molecule has 1 aromatic heterocycles. The minimum absolute atomic E-state index is 0.124. The molecular formula is C21H23ClN2O4. The third-order valence-electron chi connectivity index (χ3n) is 5.74. The van der Waals surface area contributed by atoms with Gasteiger partial charge in [0.2, 0.25) is 5.91 Å². The highest BCUT2D eigenvalue weighted by Gasteiger charge is 2.66. The molecule has 6 nitrogen and oxygen atoms in total. The molecule has 1 fully saturated rings. The van der Waals surface area contributed by atoms with Crippen molar-refractivity contribution in [3.05, 3.63) is 52.9 Å². The van der Waals surface area contributed by atoms with Gasteiger partial charge >= 0.3 is 5.97 Å². The first kappa shape index (κ1) is 19.0. The van der Waals surface area contributed by atoms with Crippen molar-refractivity contribution in [2.75, 3.05) is 5.32 Å². The second-order valence-electron chi connectivity index (χ2n) is 8.81. The van der Waals surface area contributed by atoms with Gasteiger partial charge < -0.3 is 14.8 Å². The predicted molar refractivity (Wildman–Crippen MR) is 106 cm³/mol. The third-order valence-corrected chi connectivity index (χ3v) is 5.97. The number of nitrogens with one attached hydrogen (secondary N) is 2. The first-order valence-corrected chi connectivity index (χ1v) is 9.66. The molecular weight excluding hydrogens is 380 g/mol. The molecule has 1 spiro atoms. The molecule has 0 unspecified atom stereocenters. The minimum atomic E-state index is -1.10. The number of carbonyl (C=O) groups is 2. The van der Waals surface area contributed by atoms with Crippen LogP contribution in [0.4, 0.5) is 5.69 Å². The molecule has 3 heterocycles. The van der Waals surface area contributed by atoms with Crippen LogP contribution in [0.1, 0.15) is 44.4 Å². The standard InChI is InChI=1S/C21H23ClN2O4/c1-20(2,3)10-15-21(12-7-6-11(22)9-13(12)23-19(21)27)16(14-5-4-8-28-14)17(24-15)18(25)26/h4-9,15-17,24H,10H2,1-3H3,(H,23,27)(H,25,26)/t15-,16+,17-,21+/m1/s1. The zero-order chi connectivity index (χ0) is 20.3. The molecule has 0 radical (unpaired) electrons. The van der Waals surface area contributed by atoms with Crippen LogP contribution in [0.2, 0.25) is 5.02 Å². The van der Waals surface area contributed by atoms with Gasteiger partial charge in [0.1, 0.15) is 17.2 Å². The van der Waals surface area contributed by atoms with Crippen molar-refractivity contribution < 1.29 is 19.1 Å². The fourth-order valence-electron chi connectivity index (χ4n) is 4.81. The Labute approximate surface area is 168 Å². The summed E-state index contributed by atoms with van der Waals surface area (Å²) in [5.74, 6) is -1.44. The molecule has 0 saturated carbocycles. The van der Waals surface area contributed by atoms with Gasteiger partial charge in [-0.1, -0.05) is 38.4 Å². The smallest absolute Gasteiger partial charge is 0.321 e. The molecule has 0 aliphatic carbocycles. The Bertz CT molecular complexity index is 934. The minimum Gasteiger partial charge on any atom is -0.480 e. The van der Waals surface area contributed by atoms with E-state index in [1.807, 2.05) is 6.07 Å². The Balaban J connectivity index is 1.98. The Morgan fingerprint density at radius 1 is 1.32 bits per heavy atom. The summed E-state index contributed by atoms with van der Waals surface area (Å²) in [6.07, 6.45) is 2.12. The highest BCUT2D eigenvalue weighted by Crippen LogP contribution is 2.56. The van der Waals surface area contributed by atoms with Crippen molar-refractivity contribution in [1.29, 1.82) is 0 Å². The number of fused-ring (bicyclic) bond motifs is 2. The monoisotopic (exact) mass is 402 g/mol. The van der Waals surface area contributed by atoms with E-state index >= 15 is 0 Å². The number of amides is 1. The number of carboxylic acids is 1. The van der Waals surface area contributed by atoms with Crippen molar-refractivity contribution in [3.8, 4) is 0 Å². The number of hydrogen-bond donors (Lipinski definition) is 3. The maximum Gasteiger partial charge on any atom is 0.321 e. The number of carbonyl (C=O) groups excluding carboxylic acids is 1. The zero-order valence-electron chi connectivity index (χ0n) is 16.0.